The van der Waals surface area contributed by atoms with E-state index in [1.165, 1.54) is 5.56 Å². The molecule has 0 spiro atoms. The summed E-state index contributed by atoms with van der Waals surface area (Å²) in [6, 6.07) is 20.0. The van der Waals surface area contributed by atoms with Gasteiger partial charge in [-0.2, -0.15) is 0 Å². The maximum absolute atomic E-state index is 12.3. The average Bonchev–Trinajstić information content (AvgIpc) is 3.28. The van der Waals surface area contributed by atoms with Crippen LogP contribution in [0.1, 0.15) is 11.1 Å². The lowest BCUT2D eigenvalue weighted by molar-refractivity contribution is 0.122. The highest BCUT2D eigenvalue weighted by atomic mass is 16.7. The Morgan fingerprint density at radius 1 is 0.750 bits per heavy atom. The number of nitrogens with zero attached hydrogens (tertiary/aromatic N) is 2. The Balaban J connectivity index is 1.17. The highest BCUT2D eigenvalue weighted by Crippen LogP contribution is 2.33. The maximum atomic E-state index is 12.3. The largest absolute Gasteiger partial charge is 0.454 e. The molecular weight excluding hydrogens is 404 g/mol. The van der Waals surface area contributed by atoms with Crippen LogP contribution in [0.25, 0.3) is 21.7 Å². The topological polar surface area (TPSA) is 55.2 Å². The minimum atomic E-state index is -0.287. The summed E-state index contributed by atoms with van der Waals surface area (Å²) in [7, 11) is 0. The maximum Gasteiger partial charge on any atom is 0.336 e. The van der Waals surface area contributed by atoms with Crippen LogP contribution in [-0.2, 0) is 13.1 Å². The number of piperazine rings is 1. The van der Waals surface area contributed by atoms with Crippen LogP contribution < -0.4 is 15.1 Å². The van der Waals surface area contributed by atoms with E-state index in [1.807, 2.05) is 30.3 Å². The van der Waals surface area contributed by atoms with Gasteiger partial charge in [-0.15, -0.1) is 0 Å². The minimum Gasteiger partial charge on any atom is -0.454 e. The second kappa shape index (κ2) is 7.97. The van der Waals surface area contributed by atoms with Gasteiger partial charge in [0.2, 0.25) is 6.79 Å². The molecule has 6 rings (SSSR count). The summed E-state index contributed by atoms with van der Waals surface area (Å²) in [5.41, 5.74) is 2.67. The molecule has 1 fully saturated rings. The molecule has 1 saturated heterocycles. The lowest BCUT2D eigenvalue weighted by atomic mass is 10.0. The number of hydrogen-bond acceptors (Lipinski definition) is 6. The average molecular weight is 428 g/mol. The second-order valence-corrected chi connectivity index (χ2v) is 8.49. The van der Waals surface area contributed by atoms with Crippen LogP contribution in [0.4, 0.5) is 0 Å². The lowest BCUT2D eigenvalue weighted by Crippen LogP contribution is -2.45. The molecule has 0 N–H and O–H groups in total. The third kappa shape index (κ3) is 3.61. The standard InChI is InChI=1S/C26H24N2O4/c29-25-14-20(22-7-6-19-3-1-2-4-21(19)26(22)32-25)16-28-11-9-27(10-12-28)15-18-5-8-23-24(13-18)31-17-30-23/h1-8,13-14H,9-12,15-17H2. The van der Waals surface area contributed by atoms with Crippen molar-refractivity contribution in [3.8, 4) is 11.5 Å². The highest BCUT2D eigenvalue weighted by molar-refractivity contribution is 6.04. The zero-order chi connectivity index (χ0) is 21.5. The molecule has 6 nitrogen and oxygen atoms in total. The van der Waals surface area contributed by atoms with Crippen molar-refractivity contribution < 1.29 is 13.9 Å². The number of hydrogen-bond donors (Lipinski definition) is 0. The summed E-state index contributed by atoms with van der Waals surface area (Å²) in [5.74, 6) is 1.66. The fourth-order valence-electron chi connectivity index (χ4n) is 4.73. The Labute approximate surface area is 185 Å². The third-order valence-electron chi connectivity index (χ3n) is 6.42. The van der Waals surface area contributed by atoms with E-state index in [0.717, 1.165) is 72.5 Å². The van der Waals surface area contributed by atoms with Gasteiger partial charge in [-0.3, -0.25) is 9.80 Å². The lowest BCUT2D eigenvalue weighted by Gasteiger charge is -2.34. The van der Waals surface area contributed by atoms with E-state index in [2.05, 4.69) is 34.1 Å². The minimum absolute atomic E-state index is 0.287. The molecule has 3 heterocycles. The van der Waals surface area contributed by atoms with Crippen LogP contribution in [0.3, 0.4) is 0 Å². The van der Waals surface area contributed by atoms with Crippen molar-refractivity contribution in [2.24, 2.45) is 0 Å². The van der Waals surface area contributed by atoms with Crippen molar-refractivity contribution in [1.29, 1.82) is 0 Å². The summed E-state index contributed by atoms with van der Waals surface area (Å²) >= 11 is 0. The van der Waals surface area contributed by atoms with E-state index in [0.29, 0.717) is 12.4 Å². The van der Waals surface area contributed by atoms with Gasteiger partial charge in [0.1, 0.15) is 5.58 Å². The molecule has 32 heavy (non-hydrogen) atoms. The summed E-state index contributed by atoms with van der Waals surface area (Å²) in [5, 5.41) is 3.08. The van der Waals surface area contributed by atoms with E-state index >= 15 is 0 Å². The van der Waals surface area contributed by atoms with Crippen LogP contribution in [0, 0.1) is 0 Å². The zero-order valence-electron chi connectivity index (χ0n) is 17.8. The molecule has 0 aliphatic carbocycles. The van der Waals surface area contributed by atoms with Crippen LogP contribution >= 0.6 is 0 Å². The number of benzene rings is 3. The van der Waals surface area contributed by atoms with Crippen molar-refractivity contribution in [2.75, 3.05) is 33.0 Å². The molecule has 6 heteroatoms. The summed E-state index contributed by atoms with van der Waals surface area (Å²) in [4.78, 5) is 17.2. The predicted molar refractivity (Wildman–Crippen MR) is 123 cm³/mol. The van der Waals surface area contributed by atoms with Crippen LogP contribution in [0.5, 0.6) is 11.5 Å². The summed E-state index contributed by atoms with van der Waals surface area (Å²) in [6.45, 7) is 5.83. The molecule has 1 aromatic heterocycles. The summed E-state index contributed by atoms with van der Waals surface area (Å²) in [6.07, 6.45) is 0. The van der Waals surface area contributed by atoms with Crippen LogP contribution in [0.2, 0.25) is 0 Å². The fourth-order valence-corrected chi connectivity index (χ4v) is 4.73. The molecule has 162 valence electrons. The number of ether oxygens (including phenoxy) is 2. The number of fused-ring (bicyclic) bond motifs is 4. The molecule has 2 aliphatic rings. The quantitative estimate of drug-likeness (QED) is 0.362. The monoisotopic (exact) mass is 428 g/mol. The van der Waals surface area contributed by atoms with Gasteiger partial charge < -0.3 is 13.9 Å². The van der Waals surface area contributed by atoms with Gasteiger partial charge in [0, 0.05) is 56.1 Å². The highest BCUT2D eigenvalue weighted by Gasteiger charge is 2.20. The Morgan fingerprint density at radius 3 is 2.41 bits per heavy atom. The van der Waals surface area contributed by atoms with Crippen molar-refractivity contribution in [1.82, 2.24) is 9.80 Å². The molecule has 0 saturated carbocycles. The van der Waals surface area contributed by atoms with Gasteiger partial charge in [-0.05, 0) is 28.6 Å². The zero-order valence-corrected chi connectivity index (χ0v) is 17.8. The Hall–Kier alpha value is -3.35. The molecule has 0 atom stereocenters. The first kappa shape index (κ1) is 19.3. The fraction of sp³-hybridized carbons (Fsp3) is 0.269. The first-order valence-electron chi connectivity index (χ1n) is 11.0. The first-order valence-corrected chi connectivity index (χ1v) is 11.0. The van der Waals surface area contributed by atoms with E-state index in [4.69, 9.17) is 13.9 Å². The van der Waals surface area contributed by atoms with E-state index < -0.39 is 0 Å². The van der Waals surface area contributed by atoms with Gasteiger partial charge in [0.25, 0.3) is 0 Å². The normalized spacial score (nSPS) is 16.8. The smallest absolute Gasteiger partial charge is 0.336 e. The van der Waals surface area contributed by atoms with Gasteiger partial charge in [0.15, 0.2) is 11.5 Å². The molecule has 2 aliphatic heterocycles. The molecule has 0 unspecified atom stereocenters. The molecule has 3 aromatic carbocycles. The number of rotatable bonds is 4. The van der Waals surface area contributed by atoms with Crippen molar-refractivity contribution >= 4 is 21.7 Å². The third-order valence-corrected chi connectivity index (χ3v) is 6.42. The Kier molecular flexibility index (Phi) is 4.82. The first-order chi connectivity index (χ1) is 15.7. The second-order valence-electron chi connectivity index (χ2n) is 8.49. The van der Waals surface area contributed by atoms with E-state index in [1.54, 1.807) is 6.07 Å². The SMILES string of the molecule is O=c1cc(CN2CCN(Cc3ccc4c(c3)OCO4)CC2)c2ccc3ccccc3c2o1. The predicted octanol–water partition coefficient (Wildman–Crippen LogP) is 3.99. The summed E-state index contributed by atoms with van der Waals surface area (Å²) < 4.78 is 16.5. The van der Waals surface area contributed by atoms with Gasteiger partial charge in [0.05, 0.1) is 0 Å². The molecular formula is C26H24N2O4. The van der Waals surface area contributed by atoms with Gasteiger partial charge in [-0.1, -0.05) is 42.5 Å². The van der Waals surface area contributed by atoms with E-state index in [9.17, 15) is 4.79 Å². The van der Waals surface area contributed by atoms with Crippen LogP contribution in [0.15, 0.2) is 69.9 Å². The Bertz CT molecular complexity index is 1360. The van der Waals surface area contributed by atoms with Crippen molar-refractivity contribution in [3.05, 3.63) is 82.2 Å². The molecule has 0 amide bonds. The molecule has 0 bridgehead atoms. The van der Waals surface area contributed by atoms with Crippen molar-refractivity contribution in [3.63, 3.8) is 0 Å². The Morgan fingerprint density at radius 2 is 1.53 bits per heavy atom. The van der Waals surface area contributed by atoms with Gasteiger partial charge >= 0.3 is 5.63 Å². The molecule has 0 radical (unpaired) electrons. The van der Waals surface area contributed by atoms with Gasteiger partial charge in [-0.25, -0.2) is 4.79 Å². The molecule has 4 aromatic rings. The van der Waals surface area contributed by atoms with E-state index in [-0.39, 0.29) is 5.63 Å². The van der Waals surface area contributed by atoms with Crippen molar-refractivity contribution in [2.45, 2.75) is 13.1 Å². The van der Waals surface area contributed by atoms with Crippen LogP contribution in [-0.4, -0.2) is 42.8 Å².